The fourth-order valence-electron chi connectivity index (χ4n) is 4.59. The van der Waals surface area contributed by atoms with Crippen molar-refractivity contribution in [3.05, 3.63) is 89.5 Å². The van der Waals surface area contributed by atoms with Gasteiger partial charge in [0, 0.05) is 22.1 Å². The van der Waals surface area contributed by atoms with Gasteiger partial charge in [-0.25, -0.2) is 0 Å². The monoisotopic (exact) mass is 334 g/mol. The van der Waals surface area contributed by atoms with Crippen LogP contribution >= 0.6 is 0 Å². The lowest BCUT2D eigenvalue weighted by Gasteiger charge is -2.10. The van der Waals surface area contributed by atoms with Crippen LogP contribution in [0.4, 0.5) is 5.69 Å². The predicted octanol–water partition coefficient (Wildman–Crippen LogP) is 5.64. The number of nitrogens with zero attached hydrogens (tertiary/aromatic N) is 1. The van der Waals surface area contributed by atoms with Crippen molar-refractivity contribution in [3.8, 4) is 5.69 Å². The van der Waals surface area contributed by atoms with Crippen molar-refractivity contribution in [2.45, 2.75) is 12.8 Å². The summed E-state index contributed by atoms with van der Waals surface area (Å²) in [5.74, 6) is 0. The molecule has 4 aromatic rings. The number of hydrogen-bond donors (Lipinski definition) is 1. The molecule has 0 saturated heterocycles. The maximum atomic E-state index is 5.91. The van der Waals surface area contributed by atoms with Crippen LogP contribution in [-0.2, 0) is 6.42 Å². The second-order valence-electron chi connectivity index (χ2n) is 7.26. The molecule has 2 aliphatic carbocycles. The van der Waals surface area contributed by atoms with Crippen LogP contribution in [0.15, 0.2) is 78.4 Å². The van der Waals surface area contributed by atoms with Gasteiger partial charge in [-0.1, -0.05) is 30.4 Å². The highest BCUT2D eigenvalue weighted by Gasteiger charge is 2.24. The first kappa shape index (κ1) is 14.0. The van der Waals surface area contributed by atoms with E-state index in [1.165, 1.54) is 44.1 Å². The molecular weight excluding hydrogens is 316 g/mol. The highest BCUT2D eigenvalue weighted by molar-refractivity contribution is 6.11. The Morgan fingerprint density at radius 2 is 1.69 bits per heavy atom. The summed E-state index contributed by atoms with van der Waals surface area (Å²) in [4.78, 5) is 0. The first-order valence-corrected chi connectivity index (χ1v) is 9.10. The molecule has 0 atom stereocenters. The molecule has 0 unspecified atom stereocenters. The van der Waals surface area contributed by atoms with Crippen molar-refractivity contribution in [2.75, 3.05) is 5.73 Å². The normalized spacial score (nSPS) is 15.2. The van der Waals surface area contributed by atoms with Gasteiger partial charge in [-0.2, -0.15) is 0 Å². The average molecular weight is 334 g/mol. The van der Waals surface area contributed by atoms with E-state index in [0.29, 0.717) is 0 Å². The molecule has 0 amide bonds. The van der Waals surface area contributed by atoms with E-state index in [-0.39, 0.29) is 0 Å². The minimum absolute atomic E-state index is 0.794. The minimum atomic E-state index is 0.794. The summed E-state index contributed by atoms with van der Waals surface area (Å²) in [5.41, 5.74) is 16.3. The lowest BCUT2D eigenvalue weighted by Crippen LogP contribution is -1.95. The molecule has 26 heavy (non-hydrogen) atoms. The van der Waals surface area contributed by atoms with Crippen LogP contribution in [0.25, 0.3) is 33.1 Å². The van der Waals surface area contributed by atoms with E-state index < -0.39 is 0 Å². The molecule has 1 aromatic heterocycles. The number of nitrogen functional groups attached to an aromatic ring is 1. The molecule has 0 fully saturated rings. The largest absolute Gasteiger partial charge is 0.399 e. The second-order valence-corrected chi connectivity index (χ2v) is 7.26. The third-order valence-electron chi connectivity index (χ3n) is 5.78. The van der Waals surface area contributed by atoms with Crippen molar-refractivity contribution in [2.24, 2.45) is 0 Å². The molecule has 124 valence electrons. The van der Waals surface area contributed by atoms with Gasteiger partial charge in [-0.15, -0.1) is 0 Å². The van der Waals surface area contributed by atoms with Crippen molar-refractivity contribution in [1.82, 2.24) is 4.57 Å². The molecule has 0 bridgehead atoms. The first-order valence-electron chi connectivity index (χ1n) is 9.10. The molecule has 1 heterocycles. The van der Waals surface area contributed by atoms with Crippen LogP contribution in [0, 0.1) is 0 Å². The molecule has 2 aliphatic rings. The standard InChI is InChI=1S/C24H18N2/c25-17-8-10-18(11-9-17)26-23-7-2-1-5-20(23)22-14-21-16(13-24(22)26)12-15-4-3-6-19(15)21/h1-5,7-11,13-14H,6,12,25H2. The minimum Gasteiger partial charge on any atom is -0.399 e. The van der Waals surface area contributed by atoms with Crippen molar-refractivity contribution >= 4 is 33.1 Å². The summed E-state index contributed by atoms with van der Waals surface area (Å²) in [6, 6.07) is 21.7. The van der Waals surface area contributed by atoms with Crippen LogP contribution in [-0.4, -0.2) is 4.57 Å². The van der Waals surface area contributed by atoms with Crippen molar-refractivity contribution in [1.29, 1.82) is 0 Å². The van der Waals surface area contributed by atoms with E-state index in [1.807, 2.05) is 12.1 Å². The number of anilines is 1. The SMILES string of the molecule is Nc1ccc(-n2c3ccccc3c3cc4c(cc32)CC2=C4CC=C2)cc1. The number of benzene rings is 3. The average Bonchev–Trinajstić information content (AvgIpc) is 3.32. The molecule has 0 radical (unpaired) electrons. The van der Waals surface area contributed by atoms with Gasteiger partial charge in [0.1, 0.15) is 0 Å². The molecule has 0 spiro atoms. The van der Waals surface area contributed by atoms with Gasteiger partial charge < -0.3 is 10.3 Å². The van der Waals surface area contributed by atoms with E-state index in [1.54, 1.807) is 0 Å². The lowest BCUT2D eigenvalue weighted by atomic mass is 10.0. The summed E-state index contributed by atoms with van der Waals surface area (Å²) in [6.07, 6.45) is 6.71. The van der Waals surface area contributed by atoms with Gasteiger partial charge in [0.05, 0.1) is 11.0 Å². The Morgan fingerprint density at radius 3 is 2.58 bits per heavy atom. The Balaban J connectivity index is 1.71. The van der Waals surface area contributed by atoms with Crippen LogP contribution in [0.3, 0.4) is 0 Å². The number of para-hydroxylation sites is 1. The van der Waals surface area contributed by atoms with E-state index >= 15 is 0 Å². The smallest absolute Gasteiger partial charge is 0.0544 e. The predicted molar refractivity (Wildman–Crippen MR) is 110 cm³/mol. The number of nitrogens with two attached hydrogens (primary N) is 1. The third kappa shape index (κ3) is 1.76. The number of hydrogen-bond acceptors (Lipinski definition) is 1. The number of rotatable bonds is 1. The molecule has 2 N–H and O–H groups in total. The molecule has 0 saturated carbocycles. The molecule has 0 aliphatic heterocycles. The molecule has 2 nitrogen and oxygen atoms in total. The van der Waals surface area contributed by atoms with Gasteiger partial charge in [0.2, 0.25) is 0 Å². The number of allylic oxidation sites excluding steroid dienone is 4. The van der Waals surface area contributed by atoms with Crippen molar-refractivity contribution < 1.29 is 0 Å². The van der Waals surface area contributed by atoms with Gasteiger partial charge in [0.15, 0.2) is 0 Å². The van der Waals surface area contributed by atoms with E-state index in [9.17, 15) is 0 Å². The Labute approximate surface area is 151 Å². The number of aromatic nitrogens is 1. The Bertz CT molecular complexity index is 1270. The molecule has 2 heteroatoms. The quantitative estimate of drug-likeness (QED) is 0.449. The topological polar surface area (TPSA) is 30.9 Å². The fourth-order valence-corrected chi connectivity index (χ4v) is 4.59. The summed E-state index contributed by atoms with van der Waals surface area (Å²) in [6.45, 7) is 0. The van der Waals surface area contributed by atoms with Crippen LogP contribution in [0.1, 0.15) is 17.5 Å². The van der Waals surface area contributed by atoms with Gasteiger partial charge in [0.25, 0.3) is 0 Å². The summed E-state index contributed by atoms with van der Waals surface area (Å²) in [7, 11) is 0. The lowest BCUT2D eigenvalue weighted by molar-refractivity contribution is 1.17. The van der Waals surface area contributed by atoms with E-state index in [2.05, 4.69) is 65.3 Å². The zero-order chi connectivity index (χ0) is 17.3. The van der Waals surface area contributed by atoms with E-state index in [0.717, 1.165) is 24.2 Å². The van der Waals surface area contributed by atoms with Crippen LogP contribution < -0.4 is 5.73 Å². The zero-order valence-corrected chi connectivity index (χ0v) is 14.4. The molecule has 3 aromatic carbocycles. The molecule has 6 rings (SSSR count). The Morgan fingerprint density at radius 1 is 0.846 bits per heavy atom. The Kier molecular flexibility index (Phi) is 2.63. The van der Waals surface area contributed by atoms with Gasteiger partial charge in [-0.3, -0.25) is 0 Å². The van der Waals surface area contributed by atoms with Crippen LogP contribution in [0.5, 0.6) is 0 Å². The first-order chi connectivity index (χ1) is 12.8. The fraction of sp³-hybridized carbons (Fsp3) is 0.0833. The zero-order valence-electron chi connectivity index (χ0n) is 14.4. The number of fused-ring (bicyclic) bond motifs is 5. The second kappa shape index (κ2) is 4.89. The highest BCUT2D eigenvalue weighted by atomic mass is 15.0. The van der Waals surface area contributed by atoms with Crippen molar-refractivity contribution in [3.63, 3.8) is 0 Å². The Hall–Kier alpha value is -3.26. The van der Waals surface area contributed by atoms with Gasteiger partial charge in [-0.05, 0) is 77.6 Å². The maximum Gasteiger partial charge on any atom is 0.0544 e. The highest BCUT2D eigenvalue weighted by Crippen LogP contribution is 2.43. The maximum absolute atomic E-state index is 5.91. The molecular formula is C24H18N2. The summed E-state index contributed by atoms with van der Waals surface area (Å²) < 4.78 is 2.36. The third-order valence-corrected chi connectivity index (χ3v) is 5.78. The van der Waals surface area contributed by atoms with Gasteiger partial charge >= 0.3 is 0 Å². The summed E-state index contributed by atoms with van der Waals surface area (Å²) >= 11 is 0. The summed E-state index contributed by atoms with van der Waals surface area (Å²) in [5, 5.41) is 2.64. The van der Waals surface area contributed by atoms with Crippen LogP contribution in [0.2, 0.25) is 0 Å². The van der Waals surface area contributed by atoms with E-state index in [4.69, 9.17) is 5.73 Å².